The molecule has 0 unspecified atom stereocenters. The van der Waals surface area contributed by atoms with Gasteiger partial charge in [0.2, 0.25) is 10.0 Å². The molecule has 0 radical (unpaired) electrons. The van der Waals surface area contributed by atoms with Gasteiger partial charge in [0.15, 0.2) is 0 Å². The first-order valence-corrected chi connectivity index (χ1v) is 14.0. The number of hydrogen-bond acceptors (Lipinski definition) is 6. The van der Waals surface area contributed by atoms with Crippen LogP contribution < -0.4 is 4.72 Å². The fraction of sp³-hybridized carbons (Fsp3) is 0.185. The highest BCUT2D eigenvalue weighted by Gasteiger charge is 2.20. The Morgan fingerprint density at radius 2 is 1.92 bits per heavy atom. The van der Waals surface area contributed by atoms with E-state index in [9.17, 15) is 12.8 Å². The summed E-state index contributed by atoms with van der Waals surface area (Å²) in [6, 6.07) is 10.4. The molecule has 6 rings (SSSR count). The van der Waals surface area contributed by atoms with Gasteiger partial charge in [-0.1, -0.05) is 0 Å². The number of pyridine rings is 2. The molecule has 3 N–H and O–H groups in total. The highest BCUT2D eigenvalue weighted by atomic mass is 32.2. The van der Waals surface area contributed by atoms with Gasteiger partial charge >= 0.3 is 0 Å². The second-order valence-electron chi connectivity index (χ2n) is 9.28. The average molecular weight is 530 g/mol. The summed E-state index contributed by atoms with van der Waals surface area (Å²) in [6.07, 6.45) is 9.90. The first kappa shape index (κ1) is 24.1. The second-order valence-corrected chi connectivity index (χ2v) is 11.1. The number of aromatic nitrogens is 5. The van der Waals surface area contributed by atoms with E-state index >= 15 is 0 Å². The van der Waals surface area contributed by atoms with Crippen molar-refractivity contribution >= 4 is 26.8 Å². The topological polar surface area (TPSA) is 129 Å². The number of nitrogens with zero attached hydrogens (tertiary/aromatic N) is 4. The number of fused-ring (bicyclic) bond motifs is 2. The van der Waals surface area contributed by atoms with Gasteiger partial charge in [-0.2, -0.15) is 5.10 Å². The van der Waals surface area contributed by atoms with Crippen LogP contribution in [0.15, 0.2) is 66.2 Å². The number of rotatable bonds is 6. The summed E-state index contributed by atoms with van der Waals surface area (Å²) in [6.45, 7) is 0.665. The molecule has 0 saturated heterocycles. The number of aryl methyl sites for hydroxylation is 1. The van der Waals surface area contributed by atoms with Crippen molar-refractivity contribution in [1.82, 2.24) is 29.9 Å². The minimum Gasteiger partial charge on any atom is -0.338 e. The number of halogens is 1. The van der Waals surface area contributed by atoms with Crippen molar-refractivity contribution in [3.05, 3.63) is 89.5 Å². The molecule has 192 valence electrons. The van der Waals surface area contributed by atoms with Gasteiger partial charge in [0.1, 0.15) is 11.5 Å². The van der Waals surface area contributed by atoms with Crippen molar-refractivity contribution in [3.63, 3.8) is 0 Å². The molecule has 0 bridgehead atoms. The largest absolute Gasteiger partial charge is 0.338 e. The fourth-order valence-electron chi connectivity index (χ4n) is 4.75. The van der Waals surface area contributed by atoms with E-state index in [1.807, 2.05) is 24.5 Å². The zero-order valence-electron chi connectivity index (χ0n) is 20.5. The Bertz CT molecular complexity index is 1790. The molecule has 1 aromatic carbocycles. The molecular weight excluding hydrogens is 505 g/mol. The summed E-state index contributed by atoms with van der Waals surface area (Å²) in [4.78, 5) is 17.6. The van der Waals surface area contributed by atoms with Gasteiger partial charge in [-0.05, 0) is 65.9 Å². The van der Waals surface area contributed by atoms with Crippen LogP contribution in [0, 0.1) is 5.82 Å². The van der Waals surface area contributed by atoms with E-state index in [2.05, 4.69) is 31.0 Å². The SMILES string of the molecule is CS(=O)(=O)NCc1cc(F)cc(-c2ccnc3[nH]c(C4=NCCCc5ncc(-c6cn[nH]c6)cc54)cc23)c1. The number of aromatic amines is 2. The summed E-state index contributed by atoms with van der Waals surface area (Å²) in [5.41, 5.74) is 7.98. The molecule has 38 heavy (non-hydrogen) atoms. The third kappa shape index (κ3) is 4.85. The van der Waals surface area contributed by atoms with Crippen molar-refractivity contribution in [2.75, 3.05) is 12.8 Å². The van der Waals surface area contributed by atoms with Crippen LogP contribution in [-0.4, -0.2) is 52.1 Å². The van der Waals surface area contributed by atoms with Crippen molar-refractivity contribution in [1.29, 1.82) is 0 Å². The molecule has 0 fully saturated rings. The van der Waals surface area contributed by atoms with Crippen LogP contribution in [0.2, 0.25) is 0 Å². The van der Waals surface area contributed by atoms with Crippen LogP contribution in [0.3, 0.4) is 0 Å². The molecular formula is C27H24FN7O2S. The molecule has 0 amide bonds. The van der Waals surface area contributed by atoms with E-state index in [1.165, 1.54) is 12.1 Å². The fourth-order valence-corrected chi connectivity index (χ4v) is 5.17. The molecule has 5 aromatic rings. The monoisotopic (exact) mass is 529 g/mol. The van der Waals surface area contributed by atoms with Crippen LogP contribution in [0.1, 0.15) is 28.9 Å². The van der Waals surface area contributed by atoms with E-state index < -0.39 is 15.8 Å². The van der Waals surface area contributed by atoms with Gasteiger partial charge < -0.3 is 4.98 Å². The van der Waals surface area contributed by atoms with Gasteiger partial charge in [0, 0.05) is 59.5 Å². The molecule has 5 heterocycles. The summed E-state index contributed by atoms with van der Waals surface area (Å²) in [5.74, 6) is -0.451. The first-order chi connectivity index (χ1) is 18.3. The lowest BCUT2D eigenvalue weighted by atomic mass is 9.99. The van der Waals surface area contributed by atoms with Gasteiger partial charge in [0.05, 0.1) is 23.9 Å². The molecule has 9 nitrogen and oxygen atoms in total. The Balaban J connectivity index is 1.43. The standard InChI is InChI=1S/C27H24FN7O2S/c1-38(36,37)34-12-16-7-17(9-20(28)8-16)21-4-6-30-27-22(21)11-25(35-27)26-23-10-18(19-14-32-33-15-19)13-31-24(23)3-2-5-29-26/h4,6-11,13-15,34H,2-3,5,12H2,1H3,(H,30,35)(H,32,33). The molecule has 0 atom stereocenters. The molecule has 1 aliphatic heterocycles. The highest BCUT2D eigenvalue weighted by Crippen LogP contribution is 2.31. The Morgan fingerprint density at radius 1 is 1.03 bits per heavy atom. The van der Waals surface area contributed by atoms with Crippen molar-refractivity contribution < 1.29 is 12.8 Å². The van der Waals surface area contributed by atoms with Crippen LogP contribution in [-0.2, 0) is 23.0 Å². The Morgan fingerprint density at radius 3 is 2.74 bits per heavy atom. The van der Waals surface area contributed by atoms with Crippen LogP contribution in [0.4, 0.5) is 4.39 Å². The second kappa shape index (κ2) is 9.58. The molecule has 0 aliphatic carbocycles. The Labute approximate surface area is 218 Å². The third-order valence-corrected chi connectivity index (χ3v) is 7.16. The van der Waals surface area contributed by atoms with Crippen molar-refractivity contribution in [2.24, 2.45) is 4.99 Å². The molecule has 4 aromatic heterocycles. The van der Waals surface area contributed by atoms with Crippen LogP contribution in [0.25, 0.3) is 33.3 Å². The minimum atomic E-state index is -3.41. The van der Waals surface area contributed by atoms with Gasteiger partial charge in [-0.3, -0.25) is 15.1 Å². The summed E-state index contributed by atoms with van der Waals surface area (Å²) in [7, 11) is -3.41. The van der Waals surface area contributed by atoms with E-state index in [0.717, 1.165) is 63.8 Å². The number of hydrogen-bond donors (Lipinski definition) is 3. The molecule has 0 spiro atoms. The van der Waals surface area contributed by atoms with Crippen molar-refractivity contribution in [2.45, 2.75) is 19.4 Å². The summed E-state index contributed by atoms with van der Waals surface area (Å²) < 4.78 is 40.0. The number of sulfonamides is 1. The number of aliphatic imine (C=N–C) groups is 1. The summed E-state index contributed by atoms with van der Waals surface area (Å²) >= 11 is 0. The molecule has 1 aliphatic rings. The van der Waals surface area contributed by atoms with Gasteiger partial charge in [-0.15, -0.1) is 0 Å². The first-order valence-electron chi connectivity index (χ1n) is 12.1. The van der Waals surface area contributed by atoms with Gasteiger partial charge in [-0.25, -0.2) is 22.5 Å². The Hall–Kier alpha value is -4.22. The van der Waals surface area contributed by atoms with E-state index in [0.29, 0.717) is 23.3 Å². The van der Waals surface area contributed by atoms with E-state index in [-0.39, 0.29) is 6.54 Å². The number of H-pyrrole nitrogens is 2. The van der Waals surface area contributed by atoms with Crippen LogP contribution >= 0.6 is 0 Å². The maximum Gasteiger partial charge on any atom is 0.209 e. The van der Waals surface area contributed by atoms with Crippen molar-refractivity contribution in [3.8, 4) is 22.3 Å². The lowest BCUT2D eigenvalue weighted by molar-refractivity contribution is 0.586. The van der Waals surface area contributed by atoms with Crippen LogP contribution in [0.5, 0.6) is 0 Å². The maximum absolute atomic E-state index is 14.6. The predicted octanol–water partition coefficient (Wildman–Crippen LogP) is 3.99. The minimum absolute atomic E-state index is 0.00417. The third-order valence-electron chi connectivity index (χ3n) is 6.49. The summed E-state index contributed by atoms with van der Waals surface area (Å²) in [5, 5.41) is 7.70. The quantitative estimate of drug-likeness (QED) is 0.306. The predicted molar refractivity (Wildman–Crippen MR) is 144 cm³/mol. The zero-order valence-corrected chi connectivity index (χ0v) is 21.3. The Kier molecular flexibility index (Phi) is 6.09. The molecule has 0 saturated carbocycles. The number of nitrogens with one attached hydrogen (secondary N) is 3. The normalized spacial score (nSPS) is 13.8. The average Bonchev–Trinajstić information content (AvgIpc) is 3.53. The van der Waals surface area contributed by atoms with E-state index in [1.54, 1.807) is 18.5 Å². The zero-order chi connectivity index (χ0) is 26.3. The molecule has 11 heteroatoms. The maximum atomic E-state index is 14.6. The lowest BCUT2D eigenvalue weighted by Crippen LogP contribution is -2.21. The lowest BCUT2D eigenvalue weighted by Gasteiger charge is -2.09. The number of benzene rings is 1. The smallest absolute Gasteiger partial charge is 0.209 e. The van der Waals surface area contributed by atoms with Gasteiger partial charge in [0.25, 0.3) is 0 Å². The van der Waals surface area contributed by atoms with E-state index in [4.69, 9.17) is 9.98 Å². The highest BCUT2D eigenvalue weighted by molar-refractivity contribution is 7.88.